The van der Waals surface area contributed by atoms with Crippen molar-refractivity contribution in [3.8, 4) is 0 Å². The summed E-state index contributed by atoms with van der Waals surface area (Å²) in [5.74, 6) is 1.04. The fourth-order valence-electron chi connectivity index (χ4n) is 2.49. The Labute approximate surface area is 145 Å². The van der Waals surface area contributed by atoms with Gasteiger partial charge in [0.05, 0.1) is 5.69 Å². The van der Waals surface area contributed by atoms with Crippen molar-refractivity contribution in [1.82, 2.24) is 20.2 Å². The summed E-state index contributed by atoms with van der Waals surface area (Å²) in [7, 11) is 2.21. The first-order chi connectivity index (χ1) is 11.5. The van der Waals surface area contributed by atoms with Gasteiger partial charge in [-0.15, -0.1) is 0 Å². The van der Waals surface area contributed by atoms with Crippen molar-refractivity contribution in [1.29, 1.82) is 0 Å². The number of aryl methyl sites for hydroxylation is 2. The van der Waals surface area contributed by atoms with E-state index >= 15 is 0 Å². The SMILES string of the molecule is CCc1nc(C)cn1CCNC(=O)NCCC[Si](OC)(OC)OC. The summed E-state index contributed by atoms with van der Waals surface area (Å²) >= 11 is 0. The van der Waals surface area contributed by atoms with Crippen LogP contribution < -0.4 is 10.6 Å². The van der Waals surface area contributed by atoms with Crippen molar-refractivity contribution in [3.63, 3.8) is 0 Å². The van der Waals surface area contributed by atoms with E-state index in [0.717, 1.165) is 24.4 Å². The van der Waals surface area contributed by atoms with E-state index in [1.165, 1.54) is 0 Å². The number of urea groups is 1. The van der Waals surface area contributed by atoms with E-state index in [1.54, 1.807) is 21.3 Å². The fourth-order valence-corrected chi connectivity index (χ4v) is 4.21. The van der Waals surface area contributed by atoms with Crippen LogP contribution in [0.4, 0.5) is 4.79 Å². The topological polar surface area (TPSA) is 86.6 Å². The predicted molar refractivity (Wildman–Crippen MR) is 93.9 cm³/mol. The summed E-state index contributed by atoms with van der Waals surface area (Å²) in [4.78, 5) is 16.2. The number of nitrogens with zero attached hydrogens (tertiary/aromatic N) is 2. The van der Waals surface area contributed by atoms with Crippen LogP contribution in [0.15, 0.2) is 6.20 Å². The van der Waals surface area contributed by atoms with Gasteiger partial charge in [0.1, 0.15) is 5.82 Å². The summed E-state index contributed by atoms with van der Waals surface area (Å²) < 4.78 is 18.1. The van der Waals surface area contributed by atoms with Gasteiger partial charge in [0.2, 0.25) is 0 Å². The van der Waals surface area contributed by atoms with Crippen molar-refractivity contribution in [2.45, 2.75) is 39.3 Å². The van der Waals surface area contributed by atoms with Gasteiger partial charge in [0.25, 0.3) is 0 Å². The first kappa shape index (κ1) is 20.6. The maximum Gasteiger partial charge on any atom is 0.500 e. The Morgan fingerprint density at radius 1 is 1.21 bits per heavy atom. The van der Waals surface area contributed by atoms with Crippen LogP contribution in [0.5, 0.6) is 0 Å². The van der Waals surface area contributed by atoms with E-state index in [0.29, 0.717) is 25.7 Å². The Morgan fingerprint density at radius 3 is 2.42 bits per heavy atom. The molecule has 0 radical (unpaired) electrons. The number of imidazole rings is 1. The molecule has 2 amide bonds. The highest BCUT2D eigenvalue weighted by atomic mass is 28.4. The average Bonchev–Trinajstić information content (AvgIpc) is 2.95. The number of carbonyl (C=O) groups is 1. The lowest BCUT2D eigenvalue weighted by molar-refractivity contribution is 0.123. The van der Waals surface area contributed by atoms with Gasteiger partial charge in [-0.3, -0.25) is 0 Å². The highest BCUT2D eigenvalue weighted by Crippen LogP contribution is 2.14. The van der Waals surface area contributed by atoms with Crippen LogP contribution in [-0.4, -0.2) is 58.8 Å². The fraction of sp³-hybridized carbons (Fsp3) is 0.733. The second-order valence-corrected chi connectivity index (χ2v) is 8.52. The van der Waals surface area contributed by atoms with Crippen LogP contribution in [0.25, 0.3) is 0 Å². The Balaban J connectivity index is 2.22. The number of hydrogen-bond donors (Lipinski definition) is 2. The quantitative estimate of drug-likeness (QED) is 0.460. The summed E-state index contributed by atoms with van der Waals surface area (Å²) in [5, 5.41) is 5.68. The van der Waals surface area contributed by atoms with E-state index in [1.807, 2.05) is 13.1 Å². The molecule has 9 heteroatoms. The molecule has 1 aromatic heterocycles. The molecule has 0 aliphatic heterocycles. The monoisotopic (exact) mass is 358 g/mol. The molecule has 1 heterocycles. The molecule has 0 fully saturated rings. The van der Waals surface area contributed by atoms with Crippen LogP contribution in [0.1, 0.15) is 24.9 Å². The normalized spacial score (nSPS) is 11.5. The van der Waals surface area contributed by atoms with E-state index in [9.17, 15) is 4.79 Å². The summed E-state index contributed by atoms with van der Waals surface area (Å²) in [6.07, 6.45) is 3.61. The predicted octanol–water partition coefficient (Wildman–Crippen LogP) is 1.32. The van der Waals surface area contributed by atoms with Crippen molar-refractivity contribution in [2.24, 2.45) is 0 Å². The highest BCUT2D eigenvalue weighted by molar-refractivity contribution is 6.60. The van der Waals surface area contributed by atoms with Gasteiger partial charge in [-0.05, 0) is 13.3 Å². The highest BCUT2D eigenvalue weighted by Gasteiger charge is 2.36. The first-order valence-corrected chi connectivity index (χ1v) is 10.1. The molecule has 0 saturated heterocycles. The molecular formula is C15H30N4O4Si. The Morgan fingerprint density at radius 2 is 1.83 bits per heavy atom. The van der Waals surface area contributed by atoms with Crippen LogP contribution >= 0.6 is 0 Å². The third-order valence-electron chi connectivity index (χ3n) is 3.81. The number of amides is 2. The molecule has 0 saturated carbocycles. The molecule has 2 N–H and O–H groups in total. The Kier molecular flexibility index (Phi) is 8.97. The smallest absolute Gasteiger partial charge is 0.377 e. The molecule has 0 aliphatic rings. The summed E-state index contributed by atoms with van der Waals surface area (Å²) in [5.41, 5.74) is 0.999. The first-order valence-electron chi connectivity index (χ1n) is 8.20. The van der Waals surface area contributed by atoms with Crippen LogP contribution in [0.2, 0.25) is 6.04 Å². The minimum atomic E-state index is -2.55. The third-order valence-corrected chi connectivity index (χ3v) is 6.64. The van der Waals surface area contributed by atoms with Gasteiger partial charge >= 0.3 is 14.8 Å². The minimum Gasteiger partial charge on any atom is -0.377 e. The molecular weight excluding hydrogens is 328 g/mol. The number of aromatic nitrogens is 2. The Bertz CT molecular complexity index is 497. The van der Waals surface area contributed by atoms with E-state index in [4.69, 9.17) is 13.3 Å². The molecule has 0 aliphatic carbocycles. The largest absolute Gasteiger partial charge is 0.500 e. The van der Waals surface area contributed by atoms with Crippen LogP contribution in [0.3, 0.4) is 0 Å². The lowest BCUT2D eigenvalue weighted by Gasteiger charge is -2.24. The lowest BCUT2D eigenvalue weighted by Crippen LogP contribution is -2.44. The standard InChI is InChI=1S/C15H30N4O4Si/c1-6-14-18-13(2)12-19(14)10-9-17-15(20)16-8-7-11-24(21-3,22-4)23-5/h12H,6-11H2,1-5H3,(H2,16,17,20). The van der Waals surface area contributed by atoms with Crippen molar-refractivity contribution in [3.05, 3.63) is 17.7 Å². The van der Waals surface area contributed by atoms with Crippen LogP contribution in [-0.2, 0) is 26.2 Å². The molecule has 0 spiro atoms. The summed E-state index contributed by atoms with van der Waals surface area (Å²) in [6, 6.07) is 0.481. The van der Waals surface area contributed by atoms with E-state index in [-0.39, 0.29) is 6.03 Å². The van der Waals surface area contributed by atoms with Gasteiger partial charge in [-0.1, -0.05) is 6.92 Å². The van der Waals surface area contributed by atoms with Crippen LogP contribution in [0, 0.1) is 6.92 Å². The molecule has 1 rings (SSSR count). The third kappa shape index (κ3) is 6.23. The second-order valence-electron chi connectivity index (χ2n) is 5.43. The molecule has 0 unspecified atom stereocenters. The van der Waals surface area contributed by atoms with Crippen molar-refractivity contribution >= 4 is 14.8 Å². The zero-order valence-corrected chi connectivity index (χ0v) is 16.3. The molecule has 0 bridgehead atoms. The van der Waals surface area contributed by atoms with Gasteiger partial charge in [-0.2, -0.15) is 0 Å². The molecule has 0 aromatic carbocycles. The molecule has 0 atom stereocenters. The molecule has 8 nitrogen and oxygen atoms in total. The number of hydrogen-bond acceptors (Lipinski definition) is 5. The Hall–Kier alpha value is -1.42. The van der Waals surface area contributed by atoms with Gasteiger partial charge in [-0.25, -0.2) is 9.78 Å². The number of nitrogens with one attached hydrogen (secondary N) is 2. The number of carbonyl (C=O) groups excluding carboxylic acids is 1. The molecule has 24 heavy (non-hydrogen) atoms. The van der Waals surface area contributed by atoms with Crippen molar-refractivity contribution < 1.29 is 18.1 Å². The zero-order valence-electron chi connectivity index (χ0n) is 15.3. The molecule has 1 aromatic rings. The average molecular weight is 359 g/mol. The van der Waals surface area contributed by atoms with Gasteiger partial charge in [0.15, 0.2) is 0 Å². The second kappa shape index (κ2) is 10.4. The van der Waals surface area contributed by atoms with Gasteiger partial charge in [0, 0.05) is 59.6 Å². The van der Waals surface area contributed by atoms with Crippen molar-refractivity contribution in [2.75, 3.05) is 34.4 Å². The van der Waals surface area contributed by atoms with Gasteiger partial charge < -0.3 is 28.5 Å². The zero-order chi connectivity index (χ0) is 18.0. The van der Waals surface area contributed by atoms with E-state index in [2.05, 4.69) is 27.1 Å². The minimum absolute atomic E-state index is 0.176. The molecule has 138 valence electrons. The number of rotatable bonds is 11. The maximum atomic E-state index is 11.8. The summed E-state index contributed by atoms with van der Waals surface area (Å²) in [6.45, 7) is 5.86. The van der Waals surface area contributed by atoms with E-state index < -0.39 is 8.80 Å². The maximum absolute atomic E-state index is 11.8. The lowest BCUT2D eigenvalue weighted by atomic mass is 10.4.